The smallest absolute Gasteiger partial charge is 0.126 e. The van der Waals surface area contributed by atoms with Crippen molar-refractivity contribution in [3.05, 3.63) is 23.8 Å². The molecule has 2 N–H and O–H groups in total. The Labute approximate surface area is 84.5 Å². The molecule has 1 aromatic carbocycles. The summed E-state index contributed by atoms with van der Waals surface area (Å²) < 4.78 is 5.58. The van der Waals surface area contributed by atoms with Crippen LogP contribution in [-0.2, 0) is 0 Å². The zero-order valence-corrected chi connectivity index (χ0v) is 8.66. The van der Waals surface area contributed by atoms with Crippen molar-refractivity contribution in [3.63, 3.8) is 0 Å². The molecule has 1 aliphatic rings. The molecule has 2 rings (SSSR count). The predicted molar refractivity (Wildman–Crippen MR) is 57.8 cm³/mol. The highest BCUT2D eigenvalue weighted by Gasteiger charge is 2.18. The molecule has 76 valence electrons. The lowest BCUT2D eigenvalue weighted by atomic mass is 10.0. The van der Waals surface area contributed by atoms with Gasteiger partial charge < -0.3 is 15.4 Å². The lowest BCUT2D eigenvalue weighted by molar-refractivity contribution is 0.269. The highest BCUT2D eigenvalue weighted by molar-refractivity contribution is 5.54. The lowest BCUT2D eigenvalue weighted by Crippen LogP contribution is -2.21. The Morgan fingerprint density at radius 3 is 2.93 bits per heavy atom. The lowest BCUT2D eigenvalue weighted by Gasteiger charge is -2.24. The van der Waals surface area contributed by atoms with Gasteiger partial charge in [0.15, 0.2) is 0 Å². The van der Waals surface area contributed by atoms with Gasteiger partial charge in [0.05, 0.1) is 6.61 Å². The Kier molecular flexibility index (Phi) is 2.33. The van der Waals surface area contributed by atoms with E-state index in [2.05, 4.69) is 17.0 Å². The molecule has 0 amide bonds. The number of nitrogens with zero attached hydrogens (tertiary/aromatic N) is 1. The number of nitrogens with two attached hydrogens (primary N) is 1. The highest BCUT2D eigenvalue weighted by atomic mass is 16.5. The zero-order chi connectivity index (χ0) is 10.1. The van der Waals surface area contributed by atoms with Gasteiger partial charge in [-0.15, -0.1) is 0 Å². The molecule has 3 heteroatoms. The first-order chi connectivity index (χ1) is 6.68. The average molecular weight is 192 g/mol. The van der Waals surface area contributed by atoms with Crippen LogP contribution in [0.25, 0.3) is 0 Å². The van der Waals surface area contributed by atoms with Crippen LogP contribution in [0.15, 0.2) is 18.2 Å². The number of anilines is 1. The summed E-state index contributed by atoms with van der Waals surface area (Å²) >= 11 is 0. The second-order valence-corrected chi connectivity index (χ2v) is 3.86. The Morgan fingerprint density at radius 1 is 1.43 bits per heavy atom. The van der Waals surface area contributed by atoms with Crippen LogP contribution in [0.1, 0.15) is 18.0 Å². The van der Waals surface area contributed by atoms with Crippen molar-refractivity contribution >= 4 is 5.69 Å². The first-order valence-electron chi connectivity index (χ1n) is 4.88. The molecule has 0 aliphatic carbocycles. The molecular formula is C11H16N2O. The molecule has 0 bridgehead atoms. The van der Waals surface area contributed by atoms with Crippen LogP contribution in [0.3, 0.4) is 0 Å². The Hall–Kier alpha value is -1.22. The van der Waals surface area contributed by atoms with Gasteiger partial charge in [-0.2, -0.15) is 0 Å². The summed E-state index contributed by atoms with van der Waals surface area (Å²) in [6.45, 7) is 0.727. The summed E-state index contributed by atoms with van der Waals surface area (Å²) in [6, 6.07) is 6.32. The first kappa shape index (κ1) is 9.34. The molecular weight excluding hydrogens is 176 g/mol. The number of fused-ring (bicyclic) bond motifs is 1. The summed E-state index contributed by atoms with van der Waals surface area (Å²) in [4.78, 5) is 2.06. The molecule has 14 heavy (non-hydrogen) atoms. The van der Waals surface area contributed by atoms with E-state index in [-0.39, 0.29) is 6.04 Å². The van der Waals surface area contributed by atoms with Crippen LogP contribution in [0.5, 0.6) is 5.75 Å². The van der Waals surface area contributed by atoms with Gasteiger partial charge in [-0.3, -0.25) is 0 Å². The fourth-order valence-electron chi connectivity index (χ4n) is 1.68. The van der Waals surface area contributed by atoms with Crippen LogP contribution in [0.2, 0.25) is 0 Å². The first-order valence-corrected chi connectivity index (χ1v) is 4.88. The van der Waals surface area contributed by atoms with E-state index in [1.807, 2.05) is 20.2 Å². The summed E-state index contributed by atoms with van der Waals surface area (Å²) in [5, 5.41) is 0. The van der Waals surface area contributed by atoms with Crippen LogP contribution in [-0.4, -0.2) is 20.7 Å². The van der Waals surface area contributed by atoms with Crippen molar-refractivity contribution < 1.29 is 4.74 Å². The van der Waals surface area contributed by atoms with E-state index in [0.29, 0.717) is 0 Å². The minimum absolute atomic E-state index is 0.134. The molecule has 1 aliphatic heterocycles. The largest absolute Gasteiger partial charge is 0.493 e. The summed E-state index contributed by atoms with van der Waals surface area (Å²) in [7, 11) is 4.04. The molecule has 0 saturated carbocycles. The van der Waals surface area contributed by atoms with Crippen molar-refractivity contribution in [2.45, 2.75) is 12.5 Å². The molecule has 1 heterocycles. The van der Waals surface area contributed by atoms with Gasteiger partial charge in [-0.25, -0.2) is 0 Å². The van der Waals surface area contributed by atoms with Crippen molar-refractivity contribution in [2.24, 2.45) is 5.73 Å². The van der Waals surface area contributed by atoms with Crippen LogP contribution in [0.4, 0.5) is 5.69 Å². The second kappa shape index (κ2) is 3.50. The predicted octanol–water partition coefficient (Wildman–Crippen LogP) is 1.53. The van der Waals surface area contributed by atoms with Gasteiger partial charge in [-0.1, -0.05) is 6.07 Å². The molecule has 3 nitrogen and oxygen atoms in total. The van der Waals surface area contributed by atoms with E-state index in [1.165, 1.54) is 0 Å². The van der Waals surface area contributed by atoms with Crippen molar-refractivity contribution in [1.82, 2.24) is 0 Å². The van der Waals surface area contributed by atoms with Crippen molar-refractivity contribution in [3.8, 4) is 5.75 Å². The third kappa shape index (κ3) is 1.55. The van der Waals surface area contributed by atoms with E-state index in [4.69, 9.17) is 10.5 Å². The quantitative estimate of drug-likeness (QED) is 0.733. The average Bonchev–Trinajstić information content (AvgIpc) is 2.17. The maximum atomic E-state index is 5.98. The maximum Gasteiger partial charge on any atom is 0.126 e. The number of hydrogen-bond donors (Lipinski definition) is 1. The normalized spacial score (nSPS) is 19.8. The van der Waals surface area contributed by atoms with Gasteiger partial charge >= 0.3 is 0 Å². The molecule has 0 aromatic heterocycles. The van der Waals surface area contributed by atoms with Gasteiger partial charge in [-0.05, 0) is 6.07 Å². The third-order valence-electron chi connectivity index (χ3n) is 2.60. The molecule has 0 fully saturated rings. The maximum absolute atomic E-state index is 5.98. The van der Waals surface area contributed by atoms with Crippen LogP contribution in [0, 0.1) is 0 Å². The topological polar surface area (TPSA) is 38.5 Å². The van der Waals surface area contributed by atoms with Gasteiger partial charge in [0.2, 0.25) is 0 Å². The Morgan fingerprint density at radius 2 is 2.21 bits per heavy atom. The second-order valence-electron chi connectivity index (χ2n) is 3.86. The molecule has 1 aromatic rings. The number of benzene rings is 1. The van der Waals surface area contributed by atoms with Crippen molar-refractivity contribution in [2.75, 3.05) is 25.6 Å². The minimum atomic E-state index is 0.134. The van der Waals surface area contributed by atoms with Crippen LogP contribution < -0.4 is 15.4 Å². The summed E-state index contributed by atoms with van der Waals surface area (Å²) in [5.74, 6) is 0.940. The Balaban J connectivity index is 2.39. The summed E-state index contributed by atoms with van der Waals surface area (Å²) in [6.07, 6.45) is 0.911. The molecule has 1 atom stereocenters. The molecule has 0 saturated heterocycles. The Bertz CT molecular complexity index is 336. The SMILES string of the molecule is CN(C)c1ccc2c(c1)OCC[C@@H]2N. The fourth-order valence-corrected chi connectivity index (χ4v) is 1.68. The highest BCUT2D eigenvalue weighted by Crippen LogP contribution is 2.33. The van der Waals surface area contributed by atoms with Crippen molar-refractivity contribution in [1.29, 1.82) is 0 Å². The monoisotopic (exact) mass is 192 g/mol. The van der Waals surface area contributed by atoms with E-state index in [0.717, 1.165) is 30.0 Å². The third-order valence-corrected chi connectivity index (χ3v) is 2.60. The standard InChI is InChI=1S/C11H16N2O/c1-13(2)8-3-4-9-10(12)5-6-14-11(9)7-8/h3-4,7,10H,5-6,12H2,1-2H3/t10-/m0/s1. The van der Waals surface area contributed by atoms with Gasteiger partial charge in [0.25, 0.3) is 0 Å². The number of rotatable bonds is 1. The zero-order valence-electron chi connectivity index (χ0n) is 8.66. The number of ether oxygens (including phenoxy) is 1. The molecule has 0 radical (unpaired) electrons. The molecule has 0 spiro atoms. The van der Waals surface area contributed by atoms with Crippen LogP contribution >= 0.6 is 0 Å². The number of hydrogen-bond acceptors (Lipinski definition) is 3. The summed E-state index contributed by atoms with van der Waals surface area (Å²) in [5.41, 5.74) is 8.26. The van der Waals surface area contributed by atoms with E-state index in [9.17, 15) is 0 Å². The van der Waals surface area contributed by atoms with Gasteiger partial charge in [0.1, 0.15) is 5.75 Å². The van der Waals surface area contributed by atoms with Gasteiger partial charge in [0, 0.05) is 43.9 Å². The van der Waals surface area contributed by atoms with E-state index in [1.54, 1.807) is 0 Å². The minimum Gasteiger partial charge on any atom is -0.493 e. The van der Waals surface area contributed by atoms with E-state index >= 15 is 0 Å². The fraction of sp³-hybridized carbons (Fsp3) is 0.455. The molecule has 0 unspecified atom stereocenters. The van der Waals surface area contributed by atoms with E-state index < -0.39 is 0 Å².